The molecule has 1 saturated heterocycles. The number of amides is 1. The lowest BCUT2D eigenvalue weighted by Crippen LogP contribution is -2.32. The highest BCUT2D eigenvalue weighted by Gasteiger charge is 2.16. The van der Waals surface area contributed by atoms with Crippen molar-refractivity contribution in [3.8, 4) is 11.1 Å². The molecule has 0 spiro atoms. The van der Waals surface area contributed by atoms with E-state index in [9.17, 15) is 9.18 Å². The summed E-state index contributed by atoms with van der Waals surface area (Å²) in [5, 5.41) is 6.25. The predicted octanol–water partition coefficient (Wildman–Crippen LogP) is 4.70. The van der Waals surface area contributed by atoms with Crippen molar-refractivity contribution in [1.29, 1.82) is 0 Å². The van der Waals surface area contributed by atoms with Crippen LogP contribution < -0.4 is 5.32 Å². The number of carbonyl (C=O) groups is 1. The molecule has 1 N–H and O–H groups in total. The first-order chi connectivity index (χ1) is 13.7. The Balaban J connectivity index is 1.48. The van der Waals surface area contributed by atoms with Crippen molar-refractivity contribution in [2.45, 2.75) is 32.1 Å². The maximum absolute atomic E-state index is 13.3. The summed E-state index contributed by atoms with van der Waals surface area (Å²) in [6.45, 7) is 2.27. The second-order valence-corrected chi connectivity index (χ2v) is 7.89. The molecule has 0 atom stereocenters. The van der Waals surface area contributed by atoms with E-state index in [-0.39, 0.29) is 11.7 Å². The van der Waals surface area contributed by atoms with Crippen molar-refractivity contribution in [3.05, 3.63) is 41.8 Å². The van der Waals surface area contributed by atoms with E-state index < -0.39 is 0 Å². The fourth-order valence-electron chi connectivity index (χ4n) is 3.62. The first-order valence-electron chi connectivity index (χ1n) is 9.72. The molecule has 146 valence electrons. The van der Waals surface area contributed by atoms with Gasteiger partial charge in [-0.15, -0.1) is 11.3 Å². The van der Waals surface area contributed by atoms with Crippen molar-refractivity contribution in [2.75, 3.05) is 25.0 Å². The largest absolute Gasteiger partial charge is 0.369 e. The van der Waals surface area contributed by atoms with Gasteiger partial charge in [0.2, 0.25) is 5.91 Å². The number of hydrogen-bond donors (Lipinski definition) is 1. The third-order valence-electron chi connectivity index (χ3n) is 5.12. The van der Waals surface area contributed by atoms with E-state index >= 15 is 0 Å². The molecule has 1 aliphatic rings. The molecule has 28 heavy (non-hydrogen) atoms. The second-order valence-electron chi connectivity index (χ2n) is 7.03. The van der Waals surface area contributed by atoms with Crippen LogP contribution in [0.1, 0.15) is 32.1 Å². The number of nitrogens with one attached hydrogen (secondary N) is 1. The summed E-state index contributed by atoms with van der Waals surface area (Å²) in [6.07, 6.45) is 6.60. The molecule has 5 nitrogen and oxygen atoms in total. The minimum Gasteiger partial charge on any atom is -0.369 e. The van der Waals surface area contributed by atoms with Crippen LogP contribution in [0.25, 0.3) is 21.3 Å². The van der Waals surface area contributed by atoms with Gasteiger partial charge in [0.15, 0.2) is 0 Å². The Bertz CT molecular complexity index is 949. The summed E-state index contributed by atoms with van der Waals surface area (Å²) >= 11 is 1.53. The minimum absolute atomic E-state index is 0.198. The molecule has 0 radical (unpaired) electrons. The van der Waals surface area contributed by atoms with E-state index in [1.807, 2.05) is 10.3 Å². The lowest BCUT2D eigenvalue weighted by Gasteiger charge is -2.20. The van der Waals surface area contributed by atoms with Gasteiger partial charge in [-0.25, -0.2) is 14.4 Å². The highest BCUT2D eigenvalue weighted by molar-refractivity contribution is 7.17. The highest BCUT2D eigenvalue weighted by Crippen LogP contribution is 2.36. The van der Waals surface area contributed by atoms with Crippen molar-refractivity contribution in [3.63, 3.8) is 0 Å². The van der Waals surface area contributed by atoms with Gasteiger partial charge in [-0.05, 0) is 30.5 Å². The molecule has 3 aromatic rings. The van der Waals surface area contributed by atoms with Crippen LogP contribution in [0.2, 0.25) is 0 Å². The molecule has 0 unspecified atom stereocenters. The summed E-state index contributed by atoms with van der Waals surface area (Å²) in [7, 11) is 0. The molecule has 0 bridgehead atoms. The Hall–Kier alpha value is -2.54. The van der Waals surface area contributed by atoms with E-state index in [1.165, 1.54) is 42.6 Å². The van der Waals surface area contributed by atoms with Crippen molar-refractivity contribution < 1.29 is 9.18 Å². The van der Waals surface area contributed by atoms with Gasteiger partial charge in [0.05, 0.1) is 5.39 Å². The predicted molar refractivity (Wildman–Crippen MR) is 111 cm³/mol. The Morgan fingerprint density at radius 2 is 1.86 bits per heavy atom. The molecule has 0 saturated carbocycles. The summed E-state index contributed by atoms with van der Waals surface area (Å²) in [6, 6.07) is 6.43. The molecule has 1 aromatic carbocycles. The topological polar surface area (TPSA) is 58.1 Å². The van der Waals surface area contributed by atoms with Gasteiger partial charge in [0.25, 0.3) is 0 Å². The number of thiophene rings is 1. The molecular weight excluding hydrogens is 375 g/mol. The summed E-state index contributed by atoms with van der Waals surface area (Å²) in [5.41, 5.74) is 1.90. The Morgan fingerprint density at radius 1 is 1.11 bits per heavy atom. The zero-order valence-electron chi connectivity index (χ0n) is 15.7. The van der Waals surface area contributed by atoms with Crippen LogP contribution in [0.4, 0.5) is 10.2 Å². The van der Waals surface area contributed by atoms with Gasteiger partial charge in [-0.2, -0.15) is 0 Å². The molecule has 1 amide bonds. The van der Waals surface area contributed by atoms with Crippen molar-refractivity contribution >= 4 is 33.3 Å². The lowest BCUT2D eigenvalue weighted by molar-refractivity contribution is -0.130. The van der Waals surface area contributed by atoms with Crippen LogP contribution >= 0.6 is 11.3 Å². The molecule has 7 heteroatoms. The van der Waals surface area contributed by atoms with Crippen molar-refractivity contribution in [1.82, 2.24) is 14.9 Å². The van der Waals surface area contributed by atoms with E-state index in [0.717, 1.165) is 47.3 Å². The molecule has 1 aliphatic heterocycles. The zero-order valence-corrected chi connectivity index (χ0v) is 16.5. The number of hydrogen-bond acceptors (Lipinski definition) is 5. The number of anilines is 1. The van der Waals surface area contributed by atoms with Gasteiger partial charge in [0, 0.05) is 37.0 Å². The summed E-state index contributed by atoms with van der Waals surface area (Å²) < 4.78 is 13.3. The smallest absolute Gasteiger partial charge is 0.224 e. The number of rotatable bonds is 5. The van der Waals surface area contributed by atoms with Crippen LogP contribution in [0, 0.1) is 5.82 Å². The number of likely N-dealkylation sites (tertiary alicyclic amines) is 1. The van der Waals surface area contributed by atoms with E-state index in [0.29, 0.717) is 18.8 Å². The van der Waals surface area contributed by atoms with Gasteiger partial charge >= 0.3 is 0 Å². The molecule has 2 aromatic heterocycles. The summed E-state index contributed by atoms with van der Waals surface area (Å²) in [4.78, 5) is 24.1. The van der Waals surface area contributed by atoms with Gasteiger partial charge < -0.3 is 10.2 Å². The SMILES string of the molecule is O=C(CCNc1ncnc2scc(-c3ccc(F)cc3)c12)N1CCCCCC1. The van der Waals surface area contributed by atoms with E-state index in [1.54, 1.807) is 12.1 Å². The van der Waals surface area contributed by atoms with Crippen LogP contribution in [0.5, 0.6) is 0 Å². The van der Waals surface area contributed by atoms with Crippen LogP contribution in [0.3, 0.4) is 0 Å². The molecule has 4 rings (SSSR count). The Morgan fingerprint density at radius 3 is 2.61 bits per heavy atom. The Labute approximate surface area is 167 Å². The van der Waals surface area contributed by atoms with Gasteiger partial charge in [0.1, 0.15) is 22.8 Å². The fraction of sp³-hybridized carbons (Fsp3) is 0.381. The lowest BCUT2D eigenvalue weighted by atomic mass is 10.1. The maximum Gasteiger partial charge on any atom is 0.224 e. The van der Waals surface area contributed by atoms with Crippen LogP contribution in [-0.2, 0) is 4.79 Å². The first-order valence-corrected chi connectivity index (χ1v) is 10.6. The Kier molecular flexibility index (Phi) is 5.81. The fourth-order valence-corrected chi connectivity index (χ4v) is 4.53. The highest BCUT2D eigenvalue weighted by atomic mass is 32.1. The minimum atomic E-state index is -0.259. The van der Waals surface area contributed by atoms with Crippen LogP contribution in [0.15, 0.2) is 36.0 Å². The normalized spacial score (nSPS) is 14.8. The number of nitrogens with zero attached hydrogens (tertiary/aromatic N) is 3. The molecule has 1 fully saturated rings. The first kappa shape index (κ1) is 18.8. The molecular formula is C21H23FN4OS. The maximum atomic E-state index is 13.3. The number of halogens is 1. The van der Waals surface area contributed by atoms with Gasteiger partial charge in [-0.1, -0.05) is 25.0 Å². The number of aromatic nitrogens is 2. The third-order valence-corrected chi connectivity index (χ3v) is 6.00. The van der Waals surface area contributed by atoms with E-state index in [2.05, 4.69) is 15.3 Å². The standard InChI is InChI=1S/C21H23FN4OS/c22-16-7-5-15(6-8-16)17-13-28-21-19(17)20(24-14-25-21)23-10-9-18(27)26-11-3-1-2-4-12-26/h5-8,13-14H,1-4,9-12H2,(H,23,24,25). The van der Waals surface area contributed by atoms with E-state index in [4.69, 9.17) is 0 Å². The average molecular weight is 399 g/mol. The number of fused-ring (bicyclic) bond motifs is 1. The average Bonchev–Trinajstić information content (AvgIpc) is 2.95. The van der Waals surface area contributed by atoms with Crippen LogP contribution in [-0.4, -0.2) is 40.4 Å². The van der Waals surface area contributed by atoms with Gasteiger partial charge in [-0.3, -0.25) is 4.79 Å². The summed E-state index contributed by atoms with van der Waals surface area (Å²) in [5.74, 6) is 0.655. The zero-order chi connectivity index (χ0) is 19.3. The third kappa shape index (κ3) is 4.14. The second kappa shape index (κ2) is 8.65. The molecule has 3 heterocycles. The van der Waals surface area contributed by atoms with Crippen molar-refractivity contribution in [2.24, 2.45) is 0 Å². The number of carbonyl (C=O) groups excluding carboxylic acids is 1. The molecule has 0 aliphatic carbocycles. The quantitative estimate of drug-likeness (QED) is 0.677. The monoisotopic (exact) mass is 398 g/mol. The number of benzene rings is 1.